The van der Waals surface area contributed by atoms with Crippen molar-refractivity contribution in [2.24, 2.45) is 0 Å². The molecule has 0 saturated heterocycles. The van der Waals surface area contributed by atoms with Crippen LogP contribution < -0.4 is 4.74 Å². The molecule has 0 aliphatic carbocycles. The number of likely N-dealkylation sites (N-methyl/N-ethyl adjacent to an activating group) is 1. The number of hydrogen-bond donors (Lipinski definition) is 1. The van der Waals surface area contributed by atoms with Gasteiger partial charge >= 0.3 is 5.97 Å². The quantitative estimate of drug-likeness (QED) is 0.553. The van der Waals surface area contributed by atoms with Gasteiger partial charge in [-0.3, -0.25) is 0 Å². The van der Waals surface area contributed by atoms with E-state index in [2.05, 4.69) is 23.7 Å². The smallest absolute Gasteiger partial charge is 0.347 e. The largest absolute Gasteiger partial charge is 0.491 e. The summed E-state index contributed by atoms with van der Waals surface area (Å²) in [5.41, 5.74) is 1.50. The summed E-state index contributed by atoms with van der Waals surface area (Å²) in [6, 6.07) is 12.1. The van der Waals surface area contributed by atoms with Gasteiger partial charge in [-0.15, -0.1) is 11.3 Å². The highest BCUT2D eigenvalue weighted by molar-refractivity contribution is 7.17. The van der Waals surface area contributed by atoms with E-state index in [1.807, 2.05) is 43.3 Å². The summed E-state index contributed by atoms with van der Waals surface area (Å²) < 4.78 is 6.15. The van der Waals surface area contributed by atoms with Crippen molar-refractivity contribution in [1.82, 2.24) is 9.88 Å². The standard InChI is InChI=1S/C22H26N2O3S/c1-4-17-20(22(25)26)28-21(23-17)19-16-10-8-7-9-15(16)11-12-18(19)27-14-13-24(5-2)6-3/h7-12H,4-6,13-14H2,1-3H3,(H,25,26). The number of aryl methyl sites for hydroxylation is 1. The number of rotatable bonds is 9. The number of fused-ring (bicyclic) bond motifs is 1. The Hall–Kier alpha value is -2.44. The third-order valence-corrected chi connectivity index (χ3v) is 5.99. The maximum absolute atomic E-state index is 11.6. The summed E-state index contributed by atoms with van der Waals surface area (Å²) in [7, 11) is 0. The minimum atomic E-state index is -0.926. The topological polar surface area (TPSA) is 62.7 Å². The zero-order chi connectivity index (χ0) is 20.1. The molecule has 0 amide bonds. The average molecular weight is 399 g/mol. The molecule has 0 saturated carbocycles. The van der Waals surface area contributed by atoms with Gasteiger partial charge in [-0.2, -0.15) is 0 Å². The van der Waals surface area contributed by atoms with Crippen molar-refractivity contribution in [3.05, 3.63) is 47.0 Å². The first-order valence-corrected chi connectivity index (χ1v) is 10.5. The summed E-state index contributed by atoms with van der Waals surface area (Å²) in [6.07, 6.45) is 0.584. The SMILES string of the molecule is CCc1nc(-c2c(OCCN(CC)CC)ccc3ccccc23)sc1C(=O)O. The molecular weight excluding hydrogens is 372 g/mol. The Bertz CT molecular complexity index is 964. The Morgan fingerprint density at radius 3 is 2.54 bits per heavy atom. The molecule has 0 unspecified atom stereocenters. The first-order chi connectivity index (χ1) is 13.6. The first kappa shape index (κ1) is 20.3. The van der Waals surface area contributed by atoms with E-state index in [1.165, 1.54) is 11.3 Å². The van der Waals surface area contributed by atoms with Gasteiger partial charge in [-0.1, -0.05) is 51.1 Å². The highest BCUT2D eigenvalue weighted by Crippen LogP contribution is 2.40. The predicted octanol–water partition coefficient (Wildman–Crippen LogP) is 4.94. The van der Waals surface area contributed by atoms with E-state index in [4.69, 9.17) is 4.74 Å². The minimum absolute atomic E-state index is 0.305. The second kappa shape index (κ2) is 9.17. The second-order valence-electron chi connectivity index (χ2n) is 6.49. The molecule has 1 aromatic heterocycles. The van der Waals surface area contributed by atoms with Crippen LogP contribution in [0.4, 0.5) is 0 Å². The maximum atomic E-state index is 11.6. The molecule has 1 N–H and O–H groups in total. The van der Waals surface area contributed by atoms with Crippen LogP contribution in [0.3, 0.4) is 0 Å². The van der Waals surface area contributed by atoms with Gasteiger partial charge < -0.3 is 14.7 Å². The third kappa shape index (κ3) is 4.18. The lowest BCUT2D eigenvalue weighted by molar-refractivity contribution is 0.0701. The highest BCUT2D eigenvalue weighted by Gasteiger charge is 2.21. The van der Waals surface area contributed by atoms with Gasteiger partial charge in [-0.25, -0.2) is 9.78 Å². The Kier molecular flexibility index (Phi) is 6.65. The molecule has 0 bridgehead atoms. The van der Waals surface area contributed by atoms with Crippen LogP contribution in [0.2, 0.25) is 0 Å². The zero-order valence-electron chi connectivity index (χ0n) is 16.6. The van der Waals surface area contributed by atoms with Crippen LogP contribution in [0.25, 0.3) is 21.3 Å². The van der Waals surface area contributed by atoms with E-state index < -0.39 is 5.97 Å². The molecule has 5 nitrogen and oxygen atoms in total. The van der Waals surface area contributed by atoms with Crippen LogP contribution in [-0.4, -0.2) is 47.2 Å². The summed E-state index contributed by atoms with van der Waals surface area (Å²) in [4.78, 5) is 18.9. The average Bonchev–Trinajstić information content (AvgIpc) is 3.15. The van der Waals surface area contributed by atoms with E-state index >= 15 is 0 Å². The minimum Gasteiger partial charge on any atom is -0.491 e. The van der Waals surface area contributed by atoms with Crippen LogP contribution in [0, 0.1) is 0 Å². The molecule has 3 aromatic rings. The Balaban J connectivity index is 2.05. The number of aromatic carboxylic acids is 1. The molecule has 6 heteroatoms. The Morgan fingerprint density at radius 2 is 1.89 bits per heavy atom. The van der Waals surface area contributed by atoms with Crippen molar-refractivity contribution < 1.29 is 14.6 Å². The monoisotopic (exact) mass is 398 g/mol. The van der Waals surface area contributed by atoms with Gasteiger partial charge in [0, 0.05) is 6.54 Å². The number of carboxylic acids is 1. The van der Waals surface area contributed by atoms with Gasteiger partial charge in [0.05, 0.1) is 11.3 Å². The Labute approximate surface area is 169 Å². The van der Waals surface area contributed by atoms with E-state index in [9.17, 15) is 9.90 Å². The lowest BCUT2D eigenvalue weighted by Gasteiger charge is -2.19. The summed E-state index contributed by atoms with van der Waals surface area (Å²) in [5, 5.41) is 12.3. The van der Waals surface area contributed by atoms with Crippen LogP contribution in [0.5, 0.6) is 5.75 Å². The number of carbonyl (C=O) groups is 1. The molecule has 3 rings (SSSR count). The summed E-state index contributed by atoms with van der Waals surface area (Å²) >= 11 is 1.22. The lowest BCUT2D eigenvalue weighted by atomic mass is 10.0. The van der Waals surface area contributed by atoms with E-state index in [-0.39, 0.29) is 0 Å². The molecule has 0 aliphatic rings. The predicted molar refractivity (Wildman–Crippen MR) is 115 cm³/mol. The fourth-order valence-corrected chi connectivity index (χ4v) is 4.34. The molecule has 0 atom stereocenters. The molecule has 0 fully saturated rings. The fraction of sp³-hybridized carbons (Fsp3) is 0.364. The van der Waals surface area contributed by atoms with E-state index in [1.54, 1.807) is 0 Å². The van der Waals surface area contributed by atoms with Crippen molar-refractivity contribution in [2.45, 2.75) is 27.2 Å². The first-order valence-electron chi connectivity index (χ1n) is 9.69. The number of aromatic nitrogens is 1. The molecule has 28 heavy (non-hydrogen) atoms. The van der Waals surface area contributed by atoms with Gasteiger partial charge in [0.1, 0.15) is 22.2 Å². The van der Waals surface area contributed by atoms with Gasteiger partial charge in [0.25, 0.3) is 0 Å². The molecule has 0 spiro atoms. The normalized spacial score (nSPS) is 11.3. The number of carboxylic acid groups (broad SMARTS) is 1. The molecular formula is C22H26N2O3S. The number of ether oxygens (including phenoxy) is 1. The van der Waals surface area contributed by atoms with Gasteiger partial charge in [0.2, 0.25) is 0 Å². The fourth-order valence-electron chi connectivity index (χ4n) is 3.28. The highest BCUT2D eigenvalue weighted by atomic mass is 32.1. The van der Waals surface area contributed by atoms with Crippen molar-refractivity contribution in [3.8, 4) is 16.3 Å². The van der Waals surface area contributed by atoms with Crippen LogP contribution in [-0.2, 0) is 6.42 Å². The molecule has 1 heterocycles. The van der Waals surface area contributed by atoms with Gasteiger partial charge in [-0.05, 0) is 36.3 Å². The van der Waals surface area contributed by atoms with Gasteiger partial charge in [0.15, 0.2) is 0 Å². The number of hydrogen-bond acceptors (Lipinski definition) is 5. The third-order valence-electron chi connectivity index (χ3n) is 4.89. The number of nitrogens with zero attached hydrogens (tertiary/aromatic N) is 2. The second-order valence-corrected chi connectivity index (χ2v) is 7.49. The van der Waals surface area contributed by atoms with E-state index in [0.717, 1.165) is 41.7 Å². The van der Waals surface area contributed by atoms with Crippen molar-refractivity contribution in [1.29, 1.82) is 0 Å². The molecule has 2 aromatic carbocycles. The van der Waals surface area contributed by atoms with Crippen LogP contribution in [0.15, 0.2) is 36.4 Å². The van der Waals surface area contributed by atoms with Crippen molar-refractivity contribution in [3.63, 3.8) is 0 Å². The Morgan fingerprint density at radius 1 is 1.14 bits per heavy atom. The molecule has 0 radical (unpaired) electrons. The number of thiazole rings is 1. The lowest BCUT2D eigenvalue weighted by Crippen LogP contribution is -2.27. The maximum Gasteiger partial charge on any atom is 0.347 e. The van der Waals surface area contributed by atoms with E-state index in [0.29, 0.717) is 28.6 Å². The number of benzene rings is 2. The summed E-state index contributed by atoms with van der Waals surface area (Å²) in [5.74, 6) is -0.177. The zero-order valence-corrected chi connectivity index (χ0v) is 17.4. The van der Waals surface area contributed by atoms with Crippen LogP contribution in [0.1, 0.15) is 36.1 Å². The molecule has 148 valence electrons. The van der Waals surface area contributed by atoms with Crippen LogP contribution >= 0.6 is 11.3 Å². The van der Waals surface area contributed by atoms with Crippen molar-refractivity contribution in [2.75, 3.05) is 26.2 Å². The molecule has 0 aliphatic heterocycles. The van der Waals surface area contributed by atoms with Crippen molar-refractivity contribution >= 4 is 28.1 Å². The summed E-state index contributed by atoms with van der Waals surface area (Å²) in [6.45, 7) is 9.59.